The molecule has 44 heavy (non-hydrogen) atoms. The van der Waals surface area contributed by atoms with Gasteiger partial charge in [0.05, 0.1) is 22.1 Å². The number of rotatable bonds is 4. The molecule has 0 aliphatic carbocycles. The first-order chi connectivity index (χ1) is 21.8. The Morgan fingerprint density at radius 3 is 1.16 bits per heavy atom. The van der Waals surface area contributed by atoms with Gasteiger partial charge in [0.25, 0.3) is 0 Å². The molecular formula is C42H28N2. The Kier molecular flexibility index (Phi) is 5.54. The summed E-state index contributed by atoms with van der Waals surface area (Å²) in [5.41, 5.74) is 12.0. The van der Waals surface area contributed by atoms with Crippen LogP contribution in [0.5, 0.6) is 0 Å². The monoisotopic (exact) mass is 560 g/mol. The number of benzene rings is 7. The number of fused-ring (bicyclic) bond motifs is 6. The lowest BCUT2D eigenvalue weighted by molar-refractivity contribution is 1.18. The molecular weight excluding hydrogens is 532 g/mol. The SMILES string of the molecule is c1ccc(-c2cc(-n3c4ccccc4c4ccccc43)ccc2-c2ccc(-n3c4ccccc4c4ccccc43)cc2)cc1. The van der Waals surface area contributed by atoms with Crippen LogP contribution in [0, 0.1) is 0 Å². The maximum Gasteiger partial charge on any atom is 0.0541 e. The maximum absolute atomic E-state index is 2.40. The second kappa shape index (κ2) is 9.86. The molecule has 9 rings (SSSR count). The van der Waals surface area contributed by atoms with Crippen molar-refractivity contribution in [1.82, 2.24) is 9.13 Å². The fraction of sp³-hybridized carbons (Fsp3) is 0. The van der Waals surface area contributed by atoms with Gasteiger partial charge >= 0.3 is 0 Å². The van der Waals surface area contributed by atoms with Crippen molar-refractivity contribution in [3.63, 3.8) is 0 Å². The average molecular weight is 561 g/mol. The second-order valence-electron chi connectivity index (χ2n) is 11.4. The van der Waals surface area contributed by atoms with Gasteiger partial charge in [-0.1, -0.05) is 121 Å². The number of hydrogen-bond acceptors (Lipinski definition) is 0. The first-order valence-corrected chi connectivity index (χ1v) is 15.1. The standard InChI is InChI=1S/C42H28N2/c1-2-12-29(13-3-1)38-28-32(44-41-20-10-6-16-36(41)37-17-7-11-21-42(37)44)26-27-33(38)30-22-24-31(25-23-30)43-39-18-8-4-14-34(39)35-15-5-9-19-40(35)43/h1-28H. The van der Waals surface area contributed by atoms with Crippen molar-refractivity contribution in [3.8, 4) is 33.6 Å². The van der Waals surface area contributed by atoms with Crippen molar-refractivity contribution in [3.05, 3.63) is 170 Å². The van der Waals surface area contributed by atoms with E-state index in [2.05, 4.69) is 179 Å². The van der Waals surface area contributed by atoms with Gasteiger partial charge in [0, 0.05) is 32.9 Å². The van der Waals surface area contributed by atoms with Gasteiger partial charge in [-0.15, -0.1) is 0 Å². The van der Waals surface area contributed by atoms with E-state index >= 15 is 0 Å². The molecule has 0 saturated carbocycles. The van der Waals surface area contributed by atoms with Crippen LogP contribution in [0.1, 0.15) is 0 Å². The molecule has 9 aromatic rings. The van der Waals surface area contributed by atoms with Crippen LogP contribution in [0.25, 0.3) is 77.2 Å². The molecule has 0 bridgehead atoms. The van der Waals surface area contributed by atoms with Crippen LogP contribution in [-0.2, 0) is 0 Å². The van der Waals surface area contributed by atoms with Crippen LogP contribution in [0.15, 0.2) is 170 Å². The summed E-state index contributed by atoms with van der Waals surface area (Å²) in [6.45, 7) is 0. The van der Waals surface area contributed by atoms with E-state index in [1.807, 2.05) is 0 Å². The zero-order valence-corrected chi connectivity index (χ0v) is 24.1. The molecule has 7 aromatic carbocycles. The predicted molar refractivity (Wildman–Crippen MR) is 186 cm³/mol. The summed E-state index contributed by atoms with van der Waals surface area (Å²) in [6, 6.07) is 61.4. The molecule has 2 nitrogen and oxygen atoms in total. The fourth-order valence-corrected chi connectivity index (χ4v) is 6.97. The highest BCUT2D eigenvalue weighted by molar-refractivity contribution is 6.10. The lowest BCUT2D eigenvalue weighted by Crippen LogP contribution is -1.96. The molecule has 0 spiro atoms. The summed E-state index contributed by atoms with van der Waals surface area (Å²) in [6.07, 6.45) is 0. The van der Waals surface area contributed by atoms with Crippen LogP contribution >= 0.6 is 0 Å². The lowest BCUT2D eigenvalue weighted by Gasteiger charge is -2.16. The highest BCUT2D eigenvalue weighted by atomic mass is 15.0. The highest BCUT2D eigenvalue weighted by Gasteiger charge is 2.16. The summed E-state index contributed by atoms with van der Waals surface area (Å²) in [4.78, 5) is 0. The topological polar surface area (TPSA) is 9.86 Å². The molecule has 0 atom stereocenters. The van der Waals surface area contributed by atoms with Gasteiger partial charge in [-0.25, -0.2) is 0 Å². The Hall–Kier alpha value is -5.86. The number of nitrogens with zero attached hydrogens (tertiary/aromatic N) is 2. The average Bonchev–Trinajstić information content (AvgIpc) is 3.62. The van der Waals surface area contributed by atoms with Crippen molar-refractivity contribution in [2.45, 2.75) is 0 Å². The summed E-state index contributed by atoms with van der Waals surface area (Å²) in [5, 5.41) is 5.10. The van der Waals surface area contributed by atoms with Crippen molar-refractivity contribution in [2.24, 2.45) is 0 Å². The first kappa shape index (κ1) is 24.7. The third kappa shape index (κ3) is 3.75. The number of para-hydroxylation sites is 4. The molecule has 0 N–H and O–H groups in total. The fourth-order valence-electron chi connectivity index (χ4n) is 6.97. The van der Waals surface area contributed by atoms with Crippen molar-refractivity contribution < 1.29 is 0 Å². The summed E-state index contributed by atoms with van der Waals surface area (Å²) < 4.78 is 4.77. The third-order valence-electron chi connectivity index (χ3n) is 8.94. The minimum Gasteiger partial charge on any atom is -0.309 e. The molecule has 0 amide bonds. The molecule has 0 aliphatic heterocycles. The number of aromatic nitrogens is 2. The van der Waals surface area contributed by atoms with E-state index in [9.17, 15) is 0 Å². The van der Waals surface area contributed by atoms with Crippen molar-refractivity contribution >= 4 is 43.6 Å². The molecule has 2 heterocycles. The van der Waals surface area contributed by atoms with Crippen LogP contribution in [-0.4, -0.2) is 9.13 Å². The molecule has 2 aromatic heterocycles. The summed E-state index contributed by atoms with van der Waals surface area (Å²) in [7, 11) is 0. The van der Waals surface area contributed by atoms with Gasteiger partial charge in [0.2, 0.25) is 0 Å². The Morgan fingerprint density at radius 1 is 0.273 bits per heavy atom. The van der Waals surface area contributed by atoms with Gasteiger partial charge in [-0.05, 0) is 70.8 Å². The third-order valence-corrected chi connectivity index (χ3v) is 8.94. The molecule has 0 radical (unpaired) electrons. The van der Waals surface area contributed by atoms with E-state index in [0.29, 0.717) is 0 Å². The molecule has 206 valence electrons. The van der Waals surface area contributed by atoms with Crippen LogP contribution in [0.4, 0.5) is 0 Å². The van der Waals surface area contributed by atoms with E-state index in [0.717, 1.165) is 11.4 Å². The minimum absolute atomic E-state index is 1.16. The summed E-state index contributed by atoms with van der Waals surface area (Å²) in [5.74, 6) is 0. The van der Waals surface area contributed by atoms with E-state index in [1.54, 1.807) is 0 Å². The van der Waals surface area contributed by atoms with Crippen LogP contribution in [0.3, 0.4) is 0 Å². The maximum atomic E-state index is 2.40. The van der Waals surface area contributed by atoms with E-state index in [1.165, 1.54) is 65.9 Å². The Balaban J connectivity index is 1.22. The van der Waals surface area contributed by atoms with Crippen molar-refractivity contribution in [2.75, 3.05) is 0 Å². The minimum atomic E-state index is 1.16. The lowest BCUT2D eigenvalue weighted by atomic mass is 9.93. The van der Waals surface area contributed by atoms with Gasteiger partial charge in [0.1, 0.15) is 0 Å². The molecule has 0 fully saturated rings. The molecule has 0 saturated heterocycles. The van der Waals surface area contributed by atoms with Crippen LogP contribution < -0.4 is 0 Å². The van der Waals surface area contributed by atoms with Gasteiger partial charge in [-0.2, -0.15) is 0 Å². The highest BCUT2D eigenvalue weighted by Crippen LogP contribution is 2.38. The van der Waals surface area contributed by atoms with Crippen molar-refractivity contribution in [1.29, 1.82) is 0 Å². The first-order valence-electron chi connectivity index (χ1n) is 15.1. The van der Waals surface area contributed by atoms with E-state index in [-0.39, 0.29) is 0 Å². The Bertz CT molecular complexity index is 2370. The summed E-state index contributed by atoms with van der Waals surface area (Å²) >= 11 is 0. The van der Waals surface area contributed by atoms with Gasteiger partial charge in [-0.3, -0.25) is 0 Å². The zero-order chi connectivity index (χ0) is 29.0. The number of hydrogen-bond donors (Lipinski definition) is 0. The molecule has 2 heteroatoms. The predicted octanol–water partition coefficient (Wildman–Crippen LogP) is 11.2. The quantitative estimate of drug-likeness (QED) is 0.203. The van der Waals surface area contributed by atoms with E-state index in [4.69, 9.17) is 0 Å². The zero-order valence-electron chi connectivity index (χ0n) is 24.1. The second-order valence-corrected chi connectivity index (χ2v) is 11.4. The van der Waals surface area contributed by atoms with E-state index < -0.39 is 0 Å². The van der Waals surface area contributed by atoms with Gasteiger partial charge in [0.15, 0.2) is 0 Å². The normalized spacial score (nSPS) is 11.6. The Morgan fingerprint density at radius 2 is 0.659 bits per heavy atom. The van der Waals surface area contributed by atoms with Crippen LogP contribution in [0.2, 0.25) is 0 Å². The van der Waals surface area contributed by atoms with Gasteiger partial charge < -0.3 is 9.13 Å². The smallest absolute Gasteiger partial charge is 0.0541 e. The Labute approximate surface area is 255 Å². The molecule has 0 aliphatic rings. The largest absolute Gasteiger partial charge is 0.309 e. The molecule has 0 unspecified atom stereocenters.